The van der Waals surface area contributed by atoms with Gasteiger partial charge in [0.1, 0.15) is 12.3 Å². The Hall–Kier alpha value is -1.03. The number of nitrogens with zero attached hydrogens (tertiary/aromatic N) is 1. The molecule has 100 valence electrons. The van der Waals surface area contributed by atoms with Crippen molar-refractivity contribution in [3.05, 3.63) is 11.8 Å². The van der Waals surface area contributed by atoms with Crippen molar-refractivity contribution in [2.75, 3.05) is 27.2 Å². The molecule has 4 nitrogen and oxygen atoms in total. The van der Waals surface area contributed by atoms with Crippen molar-refractivity contribution in [1.82, 2.24) is 0 Å². The highest BCUT2D eigenvalue weighted by molar-refractivity contribution is 5.64. The zero-order valence-electron chi connectivity index (χ0n) is 11.2. The third-order valence-electron chi connectivity index (χ3n) is 2.70. The lowest BCUT2D eigenvalue weighted by Gasteiger charge is -2.29. The van der Waals surface area contributed by atoms with Gasteiger partial charge in [0.2, 0.25) is 0 Å². The largest absolute Gasteiger partial charge is 0.550 e. The number of carbonyl (C=O) groups is 1. The molecule has 0 aromatic heterocycles. The molecular weight excluding hydrogens is 218 g/mol. The van der Waals surface area contributed by atoms with Crippen LogP contribution in [0.15, 0.2) is 11.8 Å². The topological polar surface area (TPSA) is 60.4 Å². The maximum atomic E-state index is 10.4. The highest BCUT2D eigenvalue weighted by Gasteiger charge is 2.16. The van der Waals surface area contributed by atoms with Crippen LogP contribution in [0.5, 0.6) is 0 Å². The standard InChI is InChI=1S/C13H25NO3/c1-4-5-6-7-8-12(15)11-14(2,3)10-9-13(16)17/h8H,4-7,9-11H2,1-3H3,(H-,15,16,17)/b12-8-. The summed E-state index contributed by atoms with van der Waals surface area (Å²) in [6.07, 6.45) is 6.19. The monoisotopic (exact) mass is 243 g/mol. The van der Waals surface area contributed by atoms with Gasteiger partial charge < -0.3 is 19.5 Å². The highest BCUT2D eigenvalue weighted by atomic mass is 16.4. The summed E-state index contributed by atoms with van der Waals surface area (Å²) in [7, 11) is 3.80. The van der Waals surface area contributed by atoms with E-state index in [2.05, 4.69) is 6.92 Å². The fraction of sp³-hybridized carbons (Fsp3) is 0.769. The third kappa shape index (κ3) is 9.87. The molecular formula is C13H25NO3. The number of likely N-dealkylation sites (N-methyl/N-ethyl adjacent to an activating group) is 1. The molecule has 17 heavy (non-hydrogen) atoms. The molecule has 0 unspecified atom stereocenters. The first-order chi connectivity index (χ1) is 7.87. The predicted octanol–water partition coefficient (Wildman–Crippen LogP) is 1.22. The Morgan fingerprint density at radius 3 is 2.53 bits per heavy atom. The van der Waals surface area contributed by atoms with Crippen LogP contribution in [0, 0.1) is 0 Å². The minimum atomic E-state index is -1.04. The van der Waals surface area contributed by atoms with Crippen molar-refractivity contribution >= 4 is 5.97 Å². The fourth-order valence-corrected chi connectivity index (χ4v) is 1.64. The molecule has 0 saturated heterocycles. The Labute approximate surface area is 104 Å². The molecule has 0 radical (unpaired) electrons. The molecule has 0 atom stereocenters. The van der Waals surface area contributed by atoms with Crippen molar-refractivity contribution in [3.63, 3.8) is 0 Å². The molecule has 0 aliphatic rings. The van der Waals surface area contributed by atoms with Gasteiger partial charge in [0.05, 0.1) is 20.6 Å². The second-order valence-electron chi connectivity index (χ2n) is 5.13. The first-order valence-electron chi connectivity index (χ1n) is 6.27. The number of quaternary nitrogens is 1. The van der Waals surface area contributed by atoms with Crippen LogP contribution >= 0.6 is 0 Å². The Morgan fingerprint density at radius 2 is 2.00 bits per heavy atom. The molecule has 0 aromatic rings. The van der Waals surface area contributed by atoms with E-state index in [4.69, 9.17) is 0 Å². The van der Waals surface area contributed by atoms with Gasteiger partial charge in [-0.1, -0.05) is 19.8 Å². The number of hydrogen-bond donors (Lipinski definition) is 1. The average molecular weight is 243 g/mol. The smallest absolute Gasteiger partial charge is 0.143 e. The lowest BCUT2D eigenvalue weighted by atomic mass is 10.2. The van der Waals surface area contributed by atoms with Gasteiger partial charge in [0.25, 0.3) is 0 Å². The summed E-state index contributed by atoms with van der Waals surface area (Å²) in [5.41, 5.74) is 0. The quantitative estimate of drug-likeness (QED) is 0.376. The summed E-state index contributed by atoms with van der Waals surface area (Å²) < 4.78 is 0.462. The zero-order valence-corrected chi connectivity index (χ0v) is 11.2. The number of hydrogen-bond acceptors (Lipinski definition) is 3. The van der Waals surface area contributed by atoms with Crippen LogP contribution in [0.3, 0.4) is 0 Å². The van der Waals surface area contributed by atoms with Crippen molar-refractivity contribution in [3.8, 4) is 0 Å². The van der Waals surface area contributed by atoms with E-state index in [-0.39, 0.29) is 6.42 Å². The summed E-state index contributed by atoms with van der Waals surface area (Å²) in [6, 6.07) is 0. The van der Waals surface area contributed by atoms with E-state index in [1.807, 2.05) is 20.2 Å². The summed E-state index contributed by atoms with van der Waals surface area (Å²) in [5, 5.41) is 20.1. The third-order valence-corrected chi connectivity index (χ3v) is 2.70. The molecule has 0 saturated carbocycles. The van der Waals surface area contributed by atoms with E-state index in [0.717, 1.165) is 12.8 Å². The molecule has 0 spiro atoms. The maximum absolute atomic E-state index is 10.4. The maximum Gasteiger partial charge on any atom is 0.143 e. The minimum Gasteiger partial charge on any atom is -0.550 e. The Balaban J connectivity index is 3.98. The lowest BCUT2D eigenvalue weighted by molar-refractivity contribution is -0.886. The van der Waals surface area contributed by atoms with E-state index < -0.39 is 5.97 Å². The van der Waals surface area contributed by atoms with Gasteiger partial charge in [-0.25, -0.2) is 0 Å². The van der Waals surface area contributed by atoms with Crippen LogP contribution in [0.25, 0.3) is 0 Å². The summed E-state index contributed by atoms with van der Waals surface area (Å²) in [4.78, 5) is 10.4. The molecule has 0 amide bonds. The number of allylic oxidation sites excluding steroid dienone is 1. The molecule has 0 aliphatic heterocycles. The van der Waals surface area contributed by atoms with E-state index >= 15 is 0 Å². The highest BCUT2D eigenvalue weighted by Crippen LogP contribution is 2.07. The molecule has 0 bridgehead atoms. The number of aliphatic hydroxyl groups is 1. The van der Waals surface area contributed by atoms with Crippen LogP contribution in [-0.4, -0.2) is 42.7 Å². The first kappa shape index (κ1) is 16.0. The number of unbranched alkanes of at least 4 members (excludes halogenated alkanes) is 3. The van der Waals surface area contributed by atoms with Crippen LogP contribution in [-0.2, 0) is 4.79 Å². The second-order valence-corrected chi connectivity index (χ2v) is 5.13. The number of aliphatic hydroxyl groups excluding tert-OH is 1. The van der Waals surface area contributed by atoms with E-state index in [1.165, 1.54) is 12.8 Å². The van der Waals surface area contributed by atoms with Crippen LogP contribution in [0.1, 0.15) is 39.0 Å². The molecule has 0 aromatic carbocycles. The van der Waals surface area contributed by atoms with Crippen LogP contribution < -0.4 is 5.11 Å². The Bertz CT molecular complexity index is 259. The van der Waals surface area contributed by atoms with Gasteiger partial charge in [0, 0.05) is 12.4 Å². The summed E-state index contributed by atoms with van der Waals surface area (Å²) in [5.74, 6) is -0.688. The van der Waals surface area contributed by atoms with Gasteiger partial charge in [-0.2, -0.15) is 0 Å². The van der Waals surface area contributed by atoms with E-state index in [1.54, 1.807) is 0 Å². The molecule has 0 aliphatic carbocycles. The fourth-order valence-electron chi connectivity index (χ4n) is 1.64. The van der Waals surface area contributed by atoms with E-state index in [0.29, 0.717) is 23.3 Å². The molecule has 0 heterocycles. The predicted molar refractivity (Wildman–Crippen MR) is 66.3 cm³/mol. The number of rotatable bonds is 9. The van der Waals surface area contributed by atoms with E-state index in [9.17, 15) is 15.0 Å². The van der Waals surface area contributed by atoms with Gasteiger partial charge in [0.15, 0.2) is 0 Å². The van der Waals surface area contributed by atoms with Gasteiger partial charge in [-0.3, -0.25) is 0 Å². The van der Waals surface area contributed by atoms with Crippen LogP contribution in [0.4, 0.5) is 0 Å². The minimum absolute atomic E-state index is 0.0239. The Kier molecular flexibility index (Phi) is 7.63. The normalized spacial score (nSPS) is 12.8. The van der Waals surface area contributed by atoms with Crippen molar-refractivity contribution < 1.29 is 19.5 Å². The number of aliphatic carboxylic acids is 1. The lowest BCUT2D eigenvalue weighted by Crippen LogP contribution is -2.44. The number of carboxylic acid groups (broad SMARTS) is 1. The molecule has 0 fully saturated rings. The average Bonchev–Trinajstić information content (AvgIpc) is 2.21. The SMILES string of the molecule is CCCCC/C=C(\O)C[N+](C)(C)CCC(=O)[O-]. The van der Waals surface area contributed by atoms with Crippen LogP contribution in [0.2, 0.25) is 0 Å². The van der Waals surface area contributed by atoms with Gasteiger partial charge in [-0.15, -0.1) is 0 Å². The summed E-state index contributed by atoms with van der Waals surface area (Å²) >= 11 is 0. The number of carbonyl (C=O) groups excluding carboxylic acids is 1. The second kappa shape index (κ2) is 8.12. The first-order valence-corrected chi connectivity index (χ1v) is 6.27. The molecule has 4 heteroatoms. The van der Waals surface area contributed by atoms with Gasteiger partial charge in [-0.05, 0) is 18.9 Å². The summed E-state index contributed by atoms with van der Waals surface area (Å²) in [6.45, 7) is 3.08. The zero-order chi connectivity index (χ0) is 13.3. The Morgan fingerprint density at radius 1 is 1.35 bits per heavy atom. The van der Waals surface area contributed by atoms with Gasteiger partial charge >= 0.3 is 0 Å². The molecule has 0 rings (SSSR count). The number of carboxylic acids is 1. The molecule has 1 N–H and O–H groups in total. The van der Waals surface area contributed by atoms with Crippen molar-refractivity contribution in [1.29, 1.82) is 0 Å². The van der Waals surface area contributed by atoms with Crippen molar-refractivity contribution in [2.24, 2.45) is 0 Å². The van der Waals surface area contributed by atoms with Crippen molar-refractivity contribution in [2.45, 2.75) is 39.0 Å².